The molecule has 4 rings (SSSR count). The number of sulfonamides is 1. The van der Waals surface area contributed by atoms with Gasteiger partial charge in [0.25, 0.3) is 0 Å². The molecule has 6 nitrogen and oxygen atoms in total. The summed E-state index contributed by atoms with van der Waals surface area (Å²) in [6.45, 7) is 5.66. The molecule has 0 bridgehead atoms. The Morgan fingerprint density at radius 2 is 1.71 bits per heavy atom. The number of nitrogens with one attached hydrogen (secondary N) is 1. The minimum Gasteiger partial charge on any atom is -0.486 e. The van der Waals surface area contributed by atoms with Crippen molar-refractivity contribution in [2.24, 2.45) is 0 Å². The number of carboxylic acid groups (broad SMARTS) is 1. The zero-order valence-electron chi connectivity index (χ0n) is 19.5. The maximum atomic E-state index is 12.3. The topological polar surface area (TPSA) is 92.7 Å². The van der Waals surface area contributed by atoms with Crippen LogP contribution < -0.4 is 9.46 Å². The minimum absolute atomic E-state index is 0.0718. The Labute approximate surface area is 200 Å². The van der Waals surface area contributed by atoms with Gasteiger partial charge in [0.1, 0.15) is 11.9 Å². The van der Waals surface area contributed by atoms with Crippen molar-refractivity contribution in [3.8, 4) is 16.9 Å². The van der Waals surface area contributed by atoms with E-state index in [9.17, 15) is 13.2 Å². The van der Waals surface area contributed by atoms with E-state index in [4.69, 9.17) is 9.84 Å². The molecule has 1 aliphatic rings. The molecular weight excluding hydrogens is 450 g/mol. The van der Waals surface area contributed by atoms with Gasteiger partial charge in [0.2, 0.25) is 10.0 Å². The summed E-state index contributed by atoms with van der Waals surface area (Å²) < 4.78 is 33.4. The molecular formula is C27H29NO5S. The van der Waals surface area contributed by atoms with Crippen molar-refractivity contribution in [2.75, 3.05) is 4.72 Å². The highest BCUT2D eigenvalue weighted by molar-refractivity contribution is 7.93. The largest absolute Gasteiger partial charge is 0.486 e. The molecule has 1 unspecified atom stereocenters. The molecule has 0 amide bonds. The van der Waals surface area contributed by atoms with Crippen LogP contribution in [0.25, 0.3) is 11.1 Å². The molecule has 7 heteroatoms. The first-order valence-electron chi connectivity index (χ1n) is 11.3. The molecule has 0 saturated carbocycles. The predicted octanol–water partition coefficient (Wildman–Crippen LogP) is 5.64. The number of fused-ring (bicyclic) bond motifs is 1. The molecule has 34 heavy (non-hydrogen) atoms. The molecule has 0 saturated heterocycles. The Balaban J connectivity index is 1.51. The summed E-state index contributed by atoms with van der Waals surface area (Å²) in [6.07, 6.45) is 1.28. The summed E-state index contributed by atoms with van der Waals surface area (Å²) >= 11 is 0. The maximum Gasteiger partial charge on any atom is 0.304 e. The van der Waals surface area contributed by atoms with Crippen LogP contribution in [-0.4, -0.2) is 24.7 Å². The van der Waals surface area contributed by atoms with Gasteiger partial charge in [-0.3, -0.25) is 9.52 Å². The van der Waals surface area contributed by atoms with Crippen LogP contribution in [0.15, 0.2) is 60.7 Å². The lowest BCUT2D eigenvalue weighted by molar-refractivity contribution is -0.136. The van der Waals surface area contributed by atoms with Gasteiger partial charge in [0.15, 0.2) is 0 Å². The lowest BCUT2D eigenvalue weighted by Crippen LogP contribution is -2.27. The first-order chi connectivity index (χ1) is 16.2. The first kappa shape index (κ1) is 23.8. The third-order valence-electron chi connectivity index (χ3n) is 6.35. The van der Waals surface area contributed by atoms with Crippen LogP contribution in [-0.2, 0) is 21.2 Å². The molecule has 3 aromatic carbocycles. The highest BCUT2D eigenvalue weighted by atomic mass is 32.2. The Bertz CT molecular complexity index is 1300. The van der Waals surface area contributed by atoms with E-state index in [2.05, 4.69) is 55.0 Å². The number of anilines is 1. The number of hydrogen-bond acceptors (Lipinski definition) is 4. The maximum absolute atomic E-state index is 12.3. The van der Waals surface area contributed by atoms with Gasteiger partial charge in [-0.05, 0) is 91.3 Å². The molecule has 2 N–H and O–H groups in total. The van der Waals surface area contributed by atoms with Gasteiger partial charge in [-0.25, -0.2) is 8.42 Å². The summed E-state index contributed by atoms with van der Waals surface area (Å²) in [7, 11) is -3.79. The van der Waals surface area contributed by atoms with Gasteiger partial charge in [0.05, 0.1) is 11.7 Å². The van der Waals surface area contributed by atoms with Crippen molar-refractivity contribution in [3.05, 3.63) is 82.9 Å². The molecule has 0 radical (unpaired) electrons. The van der Waals surface area contributed by atoms with Crippen molar-refractivity contribution >= 4 is 21.7 Å². The van der Waals surface area contributed by atoms with Crippen LogP contribution in [0.3, 0.4) is 0 Å². The molecule has 0 spiro atoms. The molecule has 0 heterocycles. The molecule has 1 aliphatic carbocycles. The normalized spacial score (nSPS) is 16.0. The van der Waals surface area contributed by atoms with Crippen LogP contribution >= 0.6 is 0 Å². The highest BCUT2D eigenvalue weighted by Crippen LogP contribution is 2.41. The second-order valence-corrected chi connectivity index (χ2v) is 11.0. The van der Waals surface area contributed by atoms with E-state index in [-0.39, 0.29) is 6.10 Å². The summed E-state index contributed by atoms with van der Waals surface area (Å²) in [5.41, 5.74) is 7.94. The quantitative estimate of drug-likeness (QED) is 0.436. The van der Waals surface area contributed by atoms with Crippen LogP contribution in [0.2, 0.25) is 0 Å². The van der Waals surface area contributed by atoms with Gasteiger partial charge >= 0.3 is 5.97 Å². The second kappa shape index (κ2) is 9.50. The number of benzene rings is 3. The van der Waals surface area contributed by atoms with Gasteiger partial charge in [-0.15, -0.1) is 0 Å². The van der Waals surface area contributed by atoms with E-state index in [0.29, 0.717) is 11.4 Å². The van der Waals surface area contributed by atoms with Crippen molar-refractivity contribution in [1.82, 2.24) is 0 Å². The van der Waals surface area contributed by atoms with Crippen LogP contribution in [0.4, 0.5) is 5.69 Å². The lowest BCUT2D eigenvalue weighted by Gasteiger charge is -2.18. The van der Waals surface area contributed by atoms with E-state index in [1.165, 1.54) is 40.3 Å². The predicted molar refractivity (Wildman–Crippen MR) is 134 cm³/mol. The highest BCUT2D eigenvalue weighted by Gasteiger charge is 2.27. The van der Waals surface area contributed by atoms with E-state index in [1.807, 2.05) is 0 Å². The fraction of sp³-hybridized carbons (Fsp3) is 0.296. The SMILES string of the molecule is Cc1cccc(C)c1-c1cccc2c1CC[C@H]2Oc1ccc(NS(=O)(=O)C(C)CC(=O)O)cc1. The minimum atomic E-state index is -3.79. The number of carboxylic acids is 1. The molecule has 3 aromatic rings. The Kier molecular flexibility index (Phi) is 6.66. The van der Waals surface area contributed by atoms with Gasteiger partial charge < -0.3 is 9.84 Å². The summed E-state index contributed by atoms with van der Waals surface area (Å²) in [5, 5.41) is 7.82. The first-order valence-corrected chi connectivity index (χ1v) is 12.9. The van der Waals surface area contributed by atoms with Crippen molar-refractivity contribution < 1.29 is 23.1 Å². The van der Waals surface area contributed by atoms with Crippen LogP contribution in [0, 0.1) is 13.8 Å². The average molecular weight is 480 g/mol. The van der Waals surface area contributed by atoms with E-state index >= 15 is 0 Å². The summed E-state index contributed by atoms with van der Waals surface area (Å²) in [6, 6.07) is 19.5. The Morgan fingerprint density at radius 3 is 2.35 bits per heavy atom. The zero-order chi connectivity index (χ0) is 24.5. The fourth-order valence-corrected chi connectivity index (χ4v) is 5.63. The zero-order valence-corrected chi connectivity index (χ0v) is 20.4. The summed E-state index contributed by atoms with van der Waals surface area (Å²) in [4.78, 5) is 10.8. The van der Waals surface area contributed by atoms with Crippen LogP contribution in [0.5, 0.6) is 5.75 Å². The molecule has 2 atom stereocenters. The van der Waals surface area contributed by atoms with Gasteiger partial charge in [0, 0.05) is 5.69 Å². The third-order valence-corrected chi connectivity index (χ3v) is 8.10. The summed E-state index contributed by atoms with van der Waals surface area (Å²) in [5.74, 6) is -0.504. The number of rotatable bonds is 8. The number of aryl methyl sites for hydroxylation is 2. The number of carbonyl (C=O) groups is 1. The third kappa shape index (κ3) is 4.94. The van der Waals surface area contributed by atoms with Crippen molar-refractivity contribution in [1.29, 1.82) is 0 Å². The molecule has 0 fully saturated rings. The second-order valence-electron chi connectivity index (χ2n) is 8.87. The Hall–Kier alpha value is -3.32. The van der Waals surface area contributed by atoms with Gasteiger partial charge in [-0.2, -0.15) is 0 Å². The van der Waals surface area contributed by atoms with Crippen molar-refractivity contribution in [2.45, 2.75) is 51.4 Å². The fourth-order valence-electron chi connectivity index (χ4n) is 4.60. The average Bonchev–Trinajstić information content (AvgIpc) is 3.18. The molecule has 178 valence electrons. The van der Waals surface area contributed by atoms with E-state index in [0.717, 1.165) is 12.8 Å². The van der Waals surface area contributed by atoms with Crippen molar-refractivity contribution in [3.63, 3.8) is 0 Å². The number of aliphatic carboxylic acids is 1. The number of ether oxygens (including phenoxy) is 1. The lowest BCUT2D eigenvalue weighted by atomic mass is 9.91. The van der Waals surface area contributed by atoms with E-state index < -0.39 is 27.7 Å². The molecule has 0 aromatic heterocycles. The van der Waals surface area contributed by atoms with Crippen LogP contribution in [0.1, 0.15) is 48.1 Å². The van der Waals surface area contributed by atoms with E-state index in [1.54, 1.807) is 24.3 Å². The monoisotopic (exact) mass is 479 g/mol. The van der Waals surface area contributed by atoms with Gasteiger partial charge in [-0.1, -0.05) is 36.4 Å². The standard InChI is InChI=1S/C27H29NO5S/c1-17-6-4-7-18(2)27(17)24-9-5-8-23-22(24)14-15-25(23)33-21-12-10-20(11-13-21)28-34(31,32)19(3)16-26(29)30/h4-13,19,25,28H,14-16H2,1-3H3,(H,29,30)/t19?,25-/m1/s1. The smallest absolute Gasteiger partial charge is 0.304 e. The Morgan fingerprint density at radius 1 is 1.06 bits per heavy atom. The number of hydrogen-bond donors (Lipinski definition) is 2. The molecule has 0 aliphatic heterocycles.